The van der Waals surface area contributed by atoms with Crippen LogP contribution in [0.1, 0.15) is 25.0 Å². The zero-order chi connectivity index (χ0) is 21.6. The summed E-state index contributed by atoms with van der Waals surface area (Å²) in [7, 11) is 3.50. The maximum atomic E-state index is 9.70. The molecule has 1 saturated carbocycles. The maximum absolute atomic E-state index is 9.70. The number of hydrogen-bond donors (Lipinski definition) is 1. The summed E-state index contributed by atoms with van der Waals surface area (Å²) in [4.78, 5) is 4.88. The van der Waals surface area contributed by atoms with Gasteiger partial charge < -0.3 is 9.84 Å². The highest BCUT2D eigenvalue weighted by Gasteiger charge is 2.47. The minimum Gasteiger partial charge on any atom is -0.390 e. The highest BCUT2D eigenvalue weighted by atomic mass is 16.5. The number of fused-ring (bicyclic) bond motifs is 1. The van der Waals surface area contributed by atoms with Gasteiger partial charge in [0, 0.05) is 37.7 Å². The standard InChI is InChI=1S/C21H22N8O2/c1-27-11-16(18(13-30)26-27)17-12-28-19(3-6-23-28)20(25-17)14-9-24-29(10-14)21(4-5-22)7-15(8-21)31-2/h3,6,9-12,15,30H,4,7-8,13H2,1-2H3. The van der Waals surface area contributed by atoms with E-state index in [1.54, 1.807) is 35.7 Å². The largest absolute Gasteiger partial charge is 0.390 e. The van der Waals surface area contributed by atoms with Crippen LogP contribution in [0.2, 0.25) is 0 Å². The lowest BCUT2D eigenvalue weighted by atomic mass is 9.72. The third kappa shape index (κ3) is 3.10. The number of hydrogen-bond acceptors (Lipinski definition) is 7. The molecule has 0 saturated heterocycles. The zero-order valence-corrected chi connectivity index (χ0v) is 17.3. The van der Waals surface area contributed by atoms with Gasteiger partial charge in [-0.2, -0.15) is 20.6 Å². The van der Waals surface area contributed by atoms with Gasteiger partial charge in [-0.15, -0.1) is 0 Å². The molecule has 1 N–H and O–H groups in total. The van der Waals surface area contributed by atoms with Gasteiger partial charge >= 0.3 is 0 Å². The molecule has 0 radical (unpaired) electrons. The molecule has 1 aliphatic rings. The third-order valence-corrected chi connectivity index (χ3v) is 6.02. The van der Waals surface area contributed by atoms with E-state index in [1.807, 2.05) is 29.3 Å². The summed E-state index contributed by atoms with van der Waals surface area (Å²) in [5.41, 5.74) is 4.01. The van der Waals surface area contributed by atoms with Gasteiger partial charge in [0.25, 0.3) is 0 Å². The van der Waals surface area contributed by atoms with Gasteiger partial charge in [-0.3, -0.25) is 9.36 Å². The molecule has 4 heterocycles. The Balaban J connectivity index is 1.60. The molecule has 5 rings (SSSR count). The minimum absolute atomic E-state index is 0.145. The Morgan fingerprint density at radius 1 is 1.29 bits per heavy atom. The van der Waals surface area contributed by atoms with Crippen LogP contribution in [-0.2, 0) is 23.9 Å². The van der Waals surface area contributed by atoms with Gasteiger partial charge in [0.1, 0.15) is 0 Å². The summed E-state index contributed by atoms with van der Waals surface area (Å²) in [5, 5.41) is 32.3. The highest BCUT2D eigenvalue weighted by Crippen LogP contribution is 2.44. The van der Waals surface area contributed by atoms with E-state index in [1.165, 1.54) is 0 Å². The molecule has 10 nitrogen and oxygen atoms in total. The van der Waals surface area contributed by atoms with Crippen molar-refractivity contribution in [1.82, 2.24) is 34.2 Å². The van der Waals surface area contributed by atoms with Gasteiger partial charge in [-0.25, -0.2) is 9.50 Å². The molecule has 1 fully saturated rings. The van der Waals surface area contributed by atoms with Gasteiger partial charge in [0.2, 0.25) is 0 Å². The third-order valence-electron chi connectivity index (χ3n) is 6.02. The fourth-order valence-corrected chi connectivity index (χ4v) is 4.35. The lowest BCUT2D eigenvalue weighted by Gasteiger charge is -2.45. The second kappa shape index (κ2) is 7.30. The Morgan fingerprint density at radius 2 is 2.13 bits per heavy atom. The molecule has 4 aromatic rings. The van der Waals surface area contributed by atoms with Gasteiger partial charge in [0.05, 0.1) is 71.9 Å². The van der Waals surface area contributed by atoms with Crippen molar-refractivity contribution in [2.24, 2.45) is 7.05 Å². The van der Waals surface area contributed by atoms with E-state index in [0.717, 1.165) is 35.2 Å². The summed E-state index contributed by atoms with van der Waals surface area (Å²) < 4.78 is 10.7. The molecule has 0 bridgehead atoms. The van der Waals surface area contributed by atoms with E-state index in [2.05, 4.69) is 21.4 Å². The van der Waals surface area contributed by atoms with Crippen LogP contribution in [0, 0.1) is 11.3 Å². The van der Waals surface area contributed by atoms with E-state index in [0.29, 0.717) is 17.8 Å². The van der Waals surface area contributed by atoms with Gasteiger partial charge in [-0.1, -0.05) is 0 Å². The molecule has 0 unspecified atom stereocenters. The molecule has 4 aromatic heterocycles. The topological polar surface area (TPSA) is 119 Å². The first kappa shape index (κ1) is 19.4. The zero-order valence-electron chi connectivity index (χ0n) is 17.3. The molecule has 0 aromatic carbocycles. The number of nitriles is 1. The minimum atomic E-state index is -0.352. The number of aliphatic hydroxyl groups excluding tert-OH is 1. The molecule has 10 heteroatoms. The molecular formula is C21H22N8O2. The molecule has 1 aliphatic carbocycles. The number of aryl methyl sites for hydroxylation is 1. The van der Waals surface area contributed by atoms with Crippen molar-refractivity contribution in [2.45, 2.75) is 37.5 Å². The average Bonchev–Trinajstić information content (AvgIpc) is 3.48. The summed E-state index contributed by atoms with van der Waals surface area (Å²) in [6.45, 7) is -0.181. The first-order chi connectivity index (χ1) is 15.1. The predicted molar refractivity (Wildman–Crippen MR) is 111 cm³/mol. The lowest BCUT2D eigenvalue weighted by Crippen LogP contribution is -2.50. The number of nitrogens with zero attached hydrogens (tertiary/aromatic N) is 8. The Kier molecular flexibility index (Phi) is 4.57. The van der Waals surface area contributed by atoms with Crippen molar-refractivity contribution in [3.8, 4) is 28.6 Å². The van der Waals surface area contributed by atoms with Crippen LogP contribution in [-0.4, -0.2) is 52.5 Å². The molecule has 0 aliphatic heterocycles. The summed E-state index contributed by atoms with van der Waals surface area (Å²) in [6, 6.07) is 4.19. The van der Waals surface area contributed by atoms with Crippen molar-refractivity contribution in [3.63, 3.8) is 0 Å². The lowest BCUT2D eigenvalue weighted by molar-refractivity contribution is -0.0542. The van der Waals surface area contributed by atoms with E-state index >= 15 is 0 Å². The second-order valence-electron chi connectivity index (χ2n) is 7.96. The number of methoxy groups -OCH3 is 1. The van der Waals surface area contributed by atoms with Crippen molar-refractivity contribution >= 4 is 5.52 Å². The maximum Gasteiger partial charge on any atom is 0.0999 e. The number of aliphatic hydroxyl groups is 1. The van der Waals surface area contributed by atoms with Crippen LogP contribution in [0.25, 0.3) is 28.0 Å². The van der Waals surface area contributed by atoms with Crippen LogP contribution in [0.4, 0.5) is 0 Å². The fraction of sp³-hybridized carbons (Fsp3) is 0.381. The van der Waals surface area contributed by atoms with Crippen LogP contribution in [0.15, 0.2) is 37.1 Å². The Bertz CT molecular complexity index is 1290. The molecule has 0 atom stereocenters. The number of aromatic nitrogens is 7. The fourth-order valence-electron chi connectivity index (χ4n) is 4.35. The summed E-state index contributed by atoms with van der Waals surface area (Å²) in [6.07, 6.45) is 11.1. The predicted octanol–water partition coefficient (Wildman–Crippen LogP) is 1.90. The normalized spacial score (nSPS) is 20.6. The van der Waals surface area contributed by atoms with Crippen molar-refractivity contribution in [3.05, 3.63) is 42.7 Å². The van der Waals surface area contributed by atoms with Crippen molar-refractivity contribution in [2.75, 3.05) is 7.11 Å². The molecule has 158 valence electrons. The first-order valence-corrected chi connectivity index (χ1v) is 10.0. The summed E-state index contributed by atoms with van der Waals surface area (Å²) >= 11 is 0. The van der Waals surface area contributed by atoms with Gasteiger partial charge in [0.15, 0.2) is 0 Å². The van der Waals surface area contributed by atoms with E-state index in [9.17, 15) is 10.4 Å². The van der Waals surface area contributed by atoms with Crippen LogP contribution in [0.5, 0.6) is 0 Å². The molecule has 0 amide bonds. The molecule has 0 spiro atoms. The number of rotatable bonds is 6. The smallest absolute Gasteiger partial charge is 0.0999 e. The van der Waals surface area contributed by atoms with Crippen LogP contribution < -0.4 is 0 Å². The summed E-state index contributed by atoms with van der Waals surface area (Å²) in [5.74, 6) is 0. The molecular weight excluding hydrogens is 396 g/mol. The van der Waals surface area contributed by atoms with E-state index < -0.39 is 0 Å². The van der Waals surface area contributed by atoms with Crippen LogP contribution >= 0.6 is 0 Å². The van der Waals surface area contributed by atoms with Crippen molar-refractivity contribution < 1.29 is 9.84 Å². The quantitative estimate of drug-likeness (QED) is 0.508. The van der Waals surface area contributed by atoms with Crippen LogP contribution in [0.3, 0.4) is 0 Å². The Morgan fingerprint density at radius 3 is 2.87 bits per heavy atom. The van der Waals surface area contributed by atoms with E-state index in [4.69, 9.17) is 9.72 Å². The second-order valence-corrected chi connectivity index (χ2v) is 7.96. The Labute approximate surface area is 178 Å². The van der Waals surface area contributed by atoms with E-state index in [-0.39, 0.29) is 18.2 Å². The monoisotopic (exact) mass is 418 g/mol. The van der Waals surface area contributed by atoms with Gasteiger partial charge in [-0.05, 0) is 18.9 Å². The average molecular weight is 418 g/mol. The SMILES string of the molecule is COC1CC(CC#N)(n2cc(-c3nc(-c4cn(C)nc4CO)cn4nccc34)cn2)C1. The van der Waals surface area contributed by atoms with Crippen molar-refractivity contribution in [1.29, 1.82) is 5.26 Å². The first-order valence-electron chi connectivity index (χ1n) is 10.0. The molecule has 31 heavy (non-hydrogen) atoms. The Hall–Kier alpha value is -3.55. The highest BCUT2D eigenvalue weighted by molar-refractivity contribution is 5.78. The number of ether oxygens (including phenoxy) is 1.